The molecular weight excluding hydrogens is 390 g/mol. The molecule has 3 fully saturated rings. The Morgan fingerprint density at radius 3 is 2.36 bits per heavy atom. The predicted molar refractivity (Wildman–Crippen MR) is 95.0 cm³/mol. The van der Waals surface area contributed by atoms with Gasteiger partial charge in [0.2, 0.25) is 5.91 Å². The second-order valence-corrected chi connectivity index (χ2v) is 8.47. The highest BCUT2D eigenvalue weighted by molar-refractivity contribution is 9.09. The lowest BCUT2D eigenvalue weighted by Crippen LogP contribution is -2.70. The Bertz CT molecular complexity index is 781. The number of nitro benzene ring substituents is 1. The first-order valence-corrected chi connectivity index (χ1v) is 8.99. The van der Waals surface area contributed by atoms with E-state index < -0.39 is 16.2 Å². The normalized spacial score (nSPS) is 31.8. The minimum atomic E-state index is -0.707. The van der Waals surface area contributed by atoms with Crippen molar-refractivity contribution in [2.75, 3.05) is 0 Å². The van der Waals surface area contributed by atoms with Gasteiger partial charge in [-0.15, -0.1) is 0 Å². The number of hydrogen-bond acceptors (Lipinski definition) is 4. The van der Waals surface area contributed by atoms with E-state index in [1.165, 1.54) is 24.3 Å². The van der Waals surface area contributed by atoms with Gasteiger partial charge in [0.15, 0.2) is 0 Å². The number of para-hydroxylation sites is 1. The van der Waals surface area contributed by atoms with Crippen molar-refractivity contribution in [2.45, 2.75) is 38.4 Å². The number of hydrogen-bond donors (Lipinski definition) is 2. The number of carbonyl (C=O) groups excluding carboxylic acids is 2. The summed E-state index contributed by atoms with van der Waals surface area (Å²) in [7, 11) is 0. The summed E-state index contributed by atoms with van der Waals surface area (Å²) in [6.07, 6.45) is 1.67. The Morgan fingerprint density at radius 1 is 1.20 bits per heavy atom. The van der Waals surface area contributed by atoms with Gasteiger partial charge in [-0.3, -0.25) is 30.6 Å². The average Bonchev–Trinajstić information content (AvgIpc) is 2.99. The summed E-state index contributed by atoms with van der Waals surface area (Å²) in [6.45, 7) is 6.30. The van der Waals surface area contributed by atoms with Crippen molar-refractivity contribution in [1.82, 2.24) is 10.9 Å². The van der Waals surface area contributed by atoms with E-state index in [-0.39, 0.29) is 32.8 Å². The second kappa shape index (κ2) is 5.52. The van der Waals surface area contributed by atoms with Crippen LogP contribution in [-0.4, -0.2) is 21.6 Å². The lowest BCUT2D eigenvalue weighted by Gasteiger charge is -2.64. The third-order valence-corrected chi connectivity index (χ3v) is 8.41. The molecule has 8 heteroatoms. The fraction of sp³-hybridized carbons (Fsp3) is 0.529. The summed E-state index contributed by atoms with van der Waals surface area (Å²) in [5.74, 6) is -0.970. The van der Waals surface area contributed by atoms with E-state index in [2.05, 4.69) is 47.6 Å². The van der Waals surface area contributed by atoms with Crippen LogP contribution in [0.4, 0.5) is 5.69 Å². The molecule has 0 saturated heterocycles. The number of nitrogens with zero attached hydrogens (tertiary/aromatic N) is 1. The first kappa shape index (κ1) is 17.8. The van der Waals surface area contributed by atoms with E-state index in [0.717, 1.165) is 12.8 Å². The first-order chi connectivity index (χ1) is 11.6. The summed E-state index contributed by atoms with van der Waals surface area (Å²) < 4.78 is 0. The Hall–Kier alpha value is -1.96. The topological polar surface area (TPSA) is 101 Å². The third-order valence-electron chi connectivity index (χ3n) is 6.61. The molecule has 3 saturated carbocycles. The van der Waals surface area contributed by atoms with Crippen molar-refractivity contribution < 1.29 is 14.5 Å². The SMILES string of the molecule is CC12CCC(C(=O)NNC(=O)c3ccccc3[N+](=O)[O-])(C1Br)C2(C)C. The number of nitrogens with one attached hydrogen (secondary N) is 2. The number of benzene rings is 1. The van der Waals surface area contributed by atoms with Crippen LogP contribution >= 0.6 is 15.9 Å². The van der Waals surface area contributed by atoms with Gasteiger partial charge in [0.1, 0.15) is 5.56 Å². The first-order valence-electron chi connectivity index (χ1n) is 8.08. The smallest absolute Gasteiger partial charge is 0.273 e. The maximum Gasteiger partial charge on any atom is 0.282 e. The van der Waals surface area contributed by atoms with Crippen molar-refractivity contribution in [3.8, 4) is 0 Å². The molecule has 3 aliphatic rings. The van der Waals surface area contributed by atoms with E-state index in [1.54, 1.807) is 0 Å². The number of amides is 2. The molecule has 3 aliphatic carbocycles. The molecule has 0 heterocycles. The van der Waals surface area contributed by atoms with Crippen LogP contribution in [0.5, 0.6) is 0 Å². The highest BCUT2D eigenvalue weighted by Gasteiger charge is 2.80. The van der Waals surface area contributed by atoms with Gasteiger partial charge in [0, 0.05) is 10.9 Å². The molecule has 2 bridgehead atoms. The van der Waals surface area contributed by atoms with Gasteiger partial charge in [-0.25, -0.2) is 0 Å². The molecule has 0 aliphatic heterocycles. The second-order valence-electron chi connectivity index (χ2n) is 7.56. The fourth-order valence-corrected chi connectivity index (χ4v) is 6.38. The van der Waals surface area contributed by atoms with Crippen LogP contribution in [-0.2, 0) is 4.79 Å². The summed E-state index contributed by atoms with van der Waals surface area (Å²) in [5.41, 5.74) is 3.64. The van der Waals surface area contributed by atoms with Gasteiger partial charge in [0.25, 0.3) is 11.6 Å². The molecule has 0 aromatic heterocycles. The molecule has 25 heavy (non-hydrogen) atoms. The van der Waals surface area contributed by atoms with Gasteiger partial charge in [-0.1, -0.05) is 48.8 Å². The zero-order valence-electron chi connectivity index (χ0n) is 14.3. The summed E-state index contributed by atoms with van der Waals surface area (Å²) in [5, 5.41) is 11.0. The molecule has 1 aromatic rings. The summed E-state index contributed by atoms with van der Waals surface area (Å²) >= 11 is 3.66. The standard InChI is InChI=1S/C17H20BrN3O4/c1-15(2)16(3)8-9-17(15,13(16)18)14(23)20-19-12(22)10-6-4-5-7-11(10)21(24)25/h4-7,13H,8-9H2,1-3H3,(H,19,22)(H,20,23). The van der Waals surface area contributed by atoms with Crippen LogP contribution in [0.15, 0.2) is 24.3 Å². The quantitative estimate of drug-likeness (QED) is 0.455. The van der Waals surface area contributed by atoms with Crippen LogP contribution in [0.1, 0.15) is 44.0 Å². The molecule has 0 spiro atoms. The van der Waals surface area contributed by atoms with Crippen molar-refractivity contribution >= 4 is 33.4 Å². The van der Waals surface area contributed by atoms with E-state index in [9.17, 15) is 19.7 Å². The van der Waals surface area contributed by atoms with Crippen molar-refractivity contribution in [3.05, 3.63) is 39.9 Å². The van der Waals surface area contributed by atoms with Crippen molar-refractivity contribution in [2.24, 2.45) is 16.2 Å². The summed E-state index contributed by atoms with van der Waals surface area (Å²) in [6, 6.07) is 5.62. The Kier molecular flexibility index (Phi) is 3.94. The molecule has 2 N–H and O–H groups in total. The van der Waals surface area contributed by atoms with Crippen LogP contribution in [0.25, 0.3) is 0 Å². The molecular formula is C17H20BrN3O4. The Balaban J connectivity index is 1.74. The maximum absolute atomic E-state index is 12.8. The highest BCUT2D eigenvalue weighted by Crippen LogP contribution is 2.79. The molecule has 4 rings (SSSR count). The lowest BCUT2D eigenvalue weighted by atomic mass is 9.43. The van der Waals surface area contributed by atoms with Crippen LogP contribution in [0, 0.1) is 26.4 Å². The molecule has 134 valence electrons. The maximum atomic E-state index is 12.8. The largest absolute Gasteiger partial charge is 0.282 e. The van der Waals surface area contributed by atoms with Crippen LogP contribution in [0.3, 0.4) is 0 Å². The van der Waals surface area contributed by atoms with Crippen molar-refractivity contribution in [1.29, 1.82) is 0 Å². The van der Waals surface area contributed by atoms with Gasteiger partial charge in [-0.2, -0.15) is 0 Å². The molecule has 2 amide bonds. The van der Waals surface area contributed by atoms with Crippen molar-refractivity contribution in [3.63, 3.8) is 0 Å². The minimum absolute atomic E-state index is 0.0328. The molecule has 7 nitrogen and oxygen atoms in total. The van der Waals surface area contributed by atoms with E-state index >= 15 is 0 Å². The fourth-order valence-electron chi connectivity index (χ4n) is 4.57. The zero-order chi connectivity index (χ0) is 18.6. The van der Waals surface area contributed by atoms with Gasteiger partial charge >= 0.3 is 0 Å². The lowest BCUT2D eigenvalue weighted by molar-refractivity contribution is -0.385. The number of nitro groups is 1. The van der Waals surface area contributed by atoms with Gasteiger partial charge in [0.05, 0.1) is 10.3 Å². The number of carbonyl (C=O) groups is 2. The summed E-state index contributed by atoms with van der Waals surface area (Å²) in [4.78, 5) is 35.5. The third kappa shape index (κ3) is 2.09. The molecule has 3 unspecified atom stereocenters. The highest BCUT2D eigenvalue weighted by atomic mass is 79.9. The Morgan fingerprint density at radius 2 is 1.84 bits per heavy atom. The zero-order valence-corrected chi connectivity index (χ0v) is 15.8. The number of halogens is 1. The van der Waals surface area contributed by atoms with Crippen LogP contribution in [0.2, 0.25) is 0 Å². The molecule has 0 radical (unpaired) electrons. The van der Waals surface area contributed by atoms with E-state index in [0.29, 0.717) is 0 Å². The predicted octanol–water partition coefficient (Wildman–Crippen LogP) is 2.95. The number of hydrazine groups is 1. The van der Waals surface area contributed by atoms with Crippen LogP contribution < -0.4 is 10.9 Å². The van der Waals surface area contributed by atoms with E-state index in [1.807, 2.05) is 0 Å². The number of alkyl halides is 1. The Labute approximate surface area is 153 Å². The van der Waals surface area contributed by atoms with Gasteiger partial charge in [-0.05, 0) is 29.7 Å². The number of rotatable bonds is 3. The molecule has 3 atom stereocenters. The monoisotopic (exact) mass is 409 g/mol. The minimum Gasteiger partial charge on any atom is -0.273 e. The van der Waals surface area contributed by atoms with E-state index in [4.69, 9.17) is 0 Å². The van der Waals surface area contributed by atoms with Gasteiger partial charge < -0.3 is 0 Å². The molecule has 1 aromatic carbocycles. The average molecular weight is 410 g/mol. The number of fused-ring (bicyclic) bond motifs is 1.